The molecular formula is C18H19N3O4S. The lowest BCUT2D eigenvalue weighted by molar-refractivity contribution is -0.117. The van der Waals surface area contributed by atoms with Crippen LogP contribution >= 0.6 is 0 Å². The number of rotatable bonds is 5. The highest BCUT2D eigenvalue weighted by Gasteiger charge is 2.21. The molecule has 1 saturated heterocycles. The SMILES string of the molecule is CS(=O)(=O)Nc1cccc(C(=O)Nc2cccc(N3CCCC3=O)c2)c1. The van der Waals surface area contributed by atoms with Gasteiger partial charge in [-0.25, -0.2) is 8.42 Å². The Morgan fingerprint density at radius 3 is 2.50 bits per heavy atom. The van der Waals surface area contributed by atoms with E-state index in [0.717, 1.165) is 18.4 Å². The van der Waals surface area contributed by atoms with Crippen molar-refractivity contribution in [2.75, 3.05) is 27.7 Å². The molecule has 136 valence electrons. The smallest absolute Gasteiger partial charge is 0.255 e. The van der Waals surface area contributed by atoms with Crippen molar-refractivity contribution < 1.29 is 18.0 Å². The van der Waals surface area contributed by atoms with Gasteiger partial charge < -0.3 is 10.2 Å². The molecule has 0 aromatic heterocycles. The third-order valence-electron chi connectivity index (χ3n) is 3.92. The first-order valence-electron chi connectivity index (χ1n) is 8.11. The molecule has 8 heteroatoms. The Bertz CT molecular complexity index is 956. The summed E-state index contributed by atoms with van der Waals surface area (Å²) in [6.07, 6.45) is 2.41. The van der Waals surface area contributed by atoms with Gasteiger partial charge in [0.15, 0.2) is 0 Å². The molecule has 3 rings (SSSR count). The molecule has 0 unspecified atom stereocenters. The Hall–Kier alpha value is -2.87. The minimum atomic E-state index is -3.42. The van der Waals surface area contributed by atoms with Crippen LogP contribution in [0.2, 0.25) is 0 Å². The lowest BCUT2D eigenvalue weighted by Crippen LogP contribution is -2.23. The number of anilines is 3. The Kier molecular flexibility index (Phi) is 4.94. The van der Waals surface area contributed by atoms with Gasteiger partial charge in [-0.2, -0.15) is 0 Å². The first-order valence-corrected chi connectivity index (χ1v) is 10.0. The molecular weight excluding hydrogens is 354 g/mol. The first-order chi connectivity index (χ1) is 12.3. The summed E-state index contributed by atoms with van der Waals surface area (Å²) in [7, 11) is -3.42. The van der Waals surface area contributed by atoms with E-state index in [1.54, 1.807) is 41.3 Å². The molecule has 0 radical (unpaired) electrons. The van der Waals surface area contributed by atoms with Crippen molar-refractivity contribution in [1.29, 1.82) is 0 Å². The topological polar surface area (TPSA) is 95.6 Å². The highest BCUT2D eigenvalue weighted by molar-refractivity contribution is 7.92. The van der Waals surface area contributed by atoms with Crippen molar-refractivity contribution in [1.82, 2.24) is 0 Å². The summed E-state index contributed by atoms with van der Waals surface area (Å²) in [5, 5.41) is 2.77. The summed E-state index contributed by atoms with van der Waals surface area (Å²) in [5.41, 5.74) is 1.95. The van der Waals surface area contributed by atoms with E-state index in [4.69, 9.17) is 0 Å². The average molecular weight is 373 g/mol. The summed E-state index contributed by atoms with van der Waals surface area (Å²) < 4.78 is 25.0. The summed E-state index contributed by atoms with van der Waals surface area (Å²) in [5.74, 6) is -0.292. The first kappa shape index (κ1) is 17.9. The van der Waals surface area contributed by atoms with E-state index in [-0.39, 0.29) is 11.8 Å². The fourth-order valence-corrected chi connectivity index (χ4v) is 3.37. The lowest BCUT2D eigenvalue weighted by Gasteiger charge is -2.17. The van der Waals surface area contributed by atoms with Crippen LogP contribution in [0, 0.1) is 0 Å². The number of hydrogen-bond donors (Lipinski definition) is 2. The number of nitrogens with one attached hydrogen (secondary N) is 2. The number of sulfonamides is 1. The van der Waals surface area contributed by atoms with Crippen molar-refractivity contribution in [3.05, 3.63) is 54.1 Å². The number of carbonyl (C=O) groups excluding carboxylic acids is 2. The maximum Gasteiger partial charge on any atom is 0.255 e. The number of nitrogens with zero attached hydrogens (tertiary/aromatic N) is 1. The fourth-order valence-electron chi connectivity index (χ4n) is 2.81. The lowest BCUT2D eigenvalue weighted by atomic mass is 10.2. The molecule has 1 heterocycles. The van der Waals surface area contributed by atoms with Crippen molar-refractivity contribution in [2.45, 2.75) is 12.8 Å². The quantitative estimate of drug-likeness (QED) is 0.841. The van der Waals surface area contributed by atoms with E-state index in [9.17, 15) is 18.0 Å². The molecule has 0 aliphatic carbocycles. The molecule has 1 aliphatic rings. The largest absolute Gasteiger partial charge is 0.322 e. The number of carbonyl (C=O) groups is 2. The highest BCUT2D eigenvalue weighted by atomic mass is 32.2. The van der Waals surface area contributed by atoms with Crippen LogP contribution in [0.1, 0.15) is 23.2 Å². The molecule has 2 amide bonds. The maximum atomic E-state index is 12.5. The molecule has 1 aliphatic heterocycles. The second-order valence-corrected chi connectivity index (χ2v) is 7.86. The van der Waals surface area contributed by atoms with Gasteiger partial charge in [0.25, 0.3) is 5.91 Å². The van der Waals surface area contributed by atoms with E-state index in [1.165, 1.54) is 6.07 Å². The van der Waals surface area contributed by atoms with Crippen LogP contribution in [-0.2, 0) is 14.8 Å². The third kappa shape index (κ3) is 4.40. The zero-order valence-electron chi connectivity index (χ0n) is 14.2. The second-order valence-electron chi connectivity index (χ2n) is 6.11. The Morgan fingerprint density at radius 1 is 1.08 bits per heavy atom. The molecule has 0 atom stereocenters. The summed E-state index contributed by atoms with van der Waals surface area (Å²) in [4.78, 5) is 26.0. The number of amides is 2. The minimum absolute atomic E-state index is 0.0769. The van der Waals surface area contributed by atoms with Crippen molar-refractivity contribution in [3.8, 4) is 0 Å². The highest BCUT2D eigenvalue weighted by Crippen LogP contribution is 2.24. The van der Waals surface area contributed by atoms with Crippen LogP contribution in [0.5, 0.6) is 0 Å². The van der Waals surface area contributed by atoms with Crippen LogP contribution in [-0.4, -0.2) is 33.0 Å². The van der Waals surface area contributed by atoms with Gasteiger partial charge in [-0.15, -0.1) is 0 Å². The number of benzene rings is 2. The predicted octanol–water partition coefficient (Wildman–Crippen LogP) is 2.44. The summed E-state index contributed by atoms with van der Waals surface area (Å²) >= 11 is 0. The normalized spacial score (nSPS) is 14.3. The van der Waals surface area contributed by atoms with E-state index in [1.807, 2.05) is 6.07 Å². The molecule has 7 nitrogen and oxygen atoms in total. The van der Waals surface area contributed by atoms with Gasteiger partial charge in [0.05, 0.1) is 6.26 Å². The van der Waals surface area contributed by atoms with E-state index < -0.39 is 10.0 Å². The van der Waals surface area contributed by atoms with Gasteiger partial charge >= 0.3 is 0 Å². The molecule has 0 saturated carbocycles. The fraction of sp³-hybridized carbons (Fsp3) is 0.222. The molecule has 2 aromatic carbocycles. The van der Waals surface area contributed by atoms with Gasteiger partial charge in [0.2, 0.25) is 15.9 Å². The standard InChI is InChI=1S/C18H19N3O4S/c1-26(24,25)20-15-7-2-5-13(11-15)18(23)19-14-6-3-8-16(12-14)21-10-4-9-17(21)22/h2-3,5-8,11-12,20H,4,9-10H2,1H3,(H,19,23). The van der Waals surface area contributed by atoms with Gasteiger partial charge in [-0.3, -0.25) is 14.3 Å². The third-order valence-corrected chi connectivity index (χ3v) is 4.52. The number of hydrogen-bond acceptors (Lipinski definition) is 4. The Balaban J connectivity index is 1.76. The average Bonchev–Trinajstić information content (AvgIpc) is 3.00. The van der Waals surface area contributed by atoms with Gasteiger partial charge in [0.1, 0.15) is 0 Å². The van der Waals surface area contributed by atoms with E-state index >= 15 is 0 Å². The summed E-state index contributed by atoms with van der Waals surface area (Å²) in [6.45, 7) is 0.676. The van der Waals surface area contributed by atoms with Gasteiger partial charge in [-0.1, -0.05) is 12.1 Å². The van der Waals surface area contributed by atoms with Crippen molar-refractivity contribution in [3.63, 3.8) is 0 Å². The molecule has 0 spiro atoms. The van der Waals surface area contributed by atoms with Gasteiger partial charge in [-0.05, 0) is 42.8 Å². The van der Waals surface area contributed by atoms with Crippen LogP contribution in [0.4, 0.5) is 17.1 Å². The monoisotopic (exact) mass is 373 g/mol. The van der Waals surface area contributed by atoms with Crippen LogP contribution in [0.3, 0.4) is 0 Å². The van der Waals surface area contributed by atoms with Crippen LogP contribution in [0.15, 0.2) is 48.5 Å². The second kappa shape index (κ2) is 7.17. The molecule has 0 bridgehead atoms. The van der Waals surface area contributed by atoms with Crippen LogP contribution in [0.25, 0.3) is 0 Å². The predicted molar refractivity (Wildman–Crippen MR) is 101 cm³/mol. The molecule has 1 fully saturated rings. The molecule has 2 N–H and O–H groups in total. The Morgan fingerprint density at radius 2 is 1.81 bits per heavy atom. The van der Waals surface area contributed by atoms with E-state index in [0.29, 0.717) is 29.9 Å². The van der Waals surface area contributed by atoms with Crippen molar-refractivity contribution >= 4 is 38.9 Å². The van der Waals surface area contributed by atoms with Gasteiger partial charge in [0, 0.05) is 35.6 Å². The summed E-state index contributed by atoms with van der Waals surface area (Å²) in [6, 6.07) is 13.3. The zero-order chi connectivity index (χ0) is 18.7. The van der Waals surface area contributed by atoms with E-state index in [2.05, 4.69) is 10.0 Å². The molecule has 26 heavy (non-hydrogen) atoms. The maximum absolute atomic E-state index is 12.5. The van der Waals surface area contributed by atoms with Crippen LogP contribution < -0.4 is 14.9 Å². The zero-order valence-corrected chi connectivity index (χ0v) is 15.0. The van der Waals surface area contributed by atoms with Crippen molar-refractivity contribution in [2.24, 2.45) is 0 Å². The molecule has 2 aromatic rings. The Labute approximate surface area is 152 Å². The minimum Gasteiger partial charge on any atom is -0.322 e.